The van der Waals surface area contributed by atoms with E-state index in [0.29, 0.717) is 34.8 Å². The molecule has 5 rings (SSSR count). The molecule has 0 radical (unpaired) electrons. The molecule has 2 fully saturated rings. The summed E-state index contributed by atoms with van der Waals surface area (Å²) in [7, 11) is 3.92. The number of rotatable bonds is 5. The minimum atomic E-state index is -0.0972. The number of nitrogens with one attached hydrogen (secondary N) is 2. The monoisotopic (exact) mass is 422 g/mol. The van der Waals surface area contributed by atoms with Gasteiger partial charge in [-0.25, -0.2) is 4.98 Å². The summed E-state index contributed by atoms with van der Waals surface area (Å²) in [6.45, 7) is 5.48. The van der Waals surface area contributed by atoms with E-state index < -0.39 is 0 Å². The molecule has 1 saturated heterocycles. The maximum atomic E-state index is 12.8. The molecule has 3 aromatic heterocycles. The van der Waals surface area contributed by atoms with Gasteiger partial charge in [0.05, 0.1) is 23.4 Å². The van der Waals surface area contributed by atoms with Gasteiger partial charge in [-0.2, -0.15) is 10.1 Å². The fourth-order valence-electron chi connectivity index (χ4n) is 4.22. The first-order chi connectivity index (χ1) is 14.8. The minimum absolute atomic E-state index is 0.00484. The Hall–Kier alpha value is -2.94. The zero-order valence-electron chi connectivity index (χ0n) is 18.6. The third-order valence-corrected chi connectivity index (χ3v) is 6.76. The van der Waals surface area contributed by atoms with Gasteiger partial charge >= 0.3 is 0 Å². The SMILES string of the molecule is C[C@@H]1C[C@@H](n2cc(Nc3nc(NC4(C)CC4)c4c(=O)n(C)ccc4n3)cn2)CCN1C. The number of anilines is 3. The molecule has 2 atom stereocenters. The molecule has 0 bridgehead atoms. The molecule has 0 amide bonds. The predicted octanol–water partition coefficient (Wildman–Crippen LogP) is 2.89. The van der Waals surface area contributed by atoms with Gasteiger partial charge in [0, 0.05) is 37.6 Å². The molecule has 1 aliphatic carbocycles. The Bertz CT molecular complexity index is 1180. The Kier molecular flexibility index (Phi) is 4.73. The first-order valence-corrected chi connectivity index (χ1v) is 11.0. The lowest BCUT2D eigenvalue weighted by Gasteiger charge is -2.34. The van der Waals surface area contributed by atoms with Crippen LogP contribution in [-0.2, 0) is 7.05 Å². The van der Waals surface area contributed by atoms with E-state index in [0.717, 1.165) is 37.9 Å². The Morgan fingerprint density at radius 3 is 2.77 bits per heavy atom. The lowest BCUT2D eigenvalue weighted by atomic mass is 9.99. The van der Waals surface area contributed by atoms with E-state index in [9.17, 15) is 4.79 Å². The van der Waals surface area contributed by atoms with Crippen LogP contribution >= 0.6 is 0 Å². The zero-order valence-corrected chi connectivity index (χ0v) is 18.6. The van der Waals surface area contributed by atoms with Crippen LogP contribution in [0.4, 0.5) is 17.5 Å². The zero-order chi connectivity index (χ0) is 21.8. The van der Waals surface area contributed by atoms with Crippen LogP contribution in [0.15, 0.2) is 29.5 Å². The molecule has 164 valence electrons. The Morgan fingerprint density at radius 2 is 2.03 bits per heavy atom. The molecule has 0 aromatic carbocycles. The third-order valence-electron chi connectivity index (χ3n) is 6.76. The van der Waals surface area contributed by atoms with Crippen LogP contribution < -0.4 is 16.2 Å². The molecular weight excluding hydrogens is 392 g/mol. The van der Waals surface area contributed by atoms with Crippen LogP contribution in [0.2, 0.25) is 0 Å². The number of pyridine rings is 1. The van der Waals surface area contributed by atoms with Crippen molar-refractivity contribution in [2.24, 2.45) is 7.05 Å². The van der Waals surface area contributed by atoms with Gasteiger partial charge in [-0.05, 0) is 52.6 Å². The van der Waals surface area contributed by atoms with Gasteiger partial charge in [-0.1, -0.05) is 0 Å². The number of hydrogen-bond donors (Lipinski definition) is 2. The van der Waals surface area contributed by atoms with E-state index in [1.54, 1.807) is 17.8 Å². The predicted molar refractivity (Wildman–Crippen MR) is 122 cm³/mol. The standard InChI is InChI=1S/C22H30N8O/c1-14-11-16(5-9-28(14)3)30-13-15(12-23-30)24-21-25-17-6-10-29(4)20(31)18(17)19(26-21)27-22(2)7-8-22/h6,10,12-14,16H,5,7-9,11H2,1-4H3,(H2,24,25,26,27)/t14-,16+/m1/s1. The molecule has 1 saturated carbocycles. The van der Waals surface area contributed by atoms with Gasteiger partial charge in [0.1, 0.15) is 11.2 Å². The van der Waals surface area contributed by atoms with Crippen molar-refractivity contribution in [2.45, 2.75) is 57.2 Å². The molecule has 9 heteroatoms. The van der Waals surface area contributed by atoms with E-state index >= 15 is 0 Å². The summed E-state index contributed by atoms with van der Waals surface area (Å²) in [6.07, 6.45) is 9.88. The molecular formula is C22H30N8O. The van der Waals surface area contributed by atoms with Crippen molar-refractivity contribution >= 4 is 28.4 Å². The van der Waals surface area contributed by atoms with Crippen molar-refractivity contribution in [3.8, 4) is 0 Å². The molecule has 0 spiro atoms. The van der Waals surface area contributed by atoms with Crippen LogP contribution in [-0.4, -0.2) is 54.4 Å². The summed E-state index contributed by atoms with van der Waals surface area (Å²) in [5, 5.41) is 11.9. The highest BCUT2D eigenvalue weighted by atomic mass is 16.1. The highest BCUT2D eigenvalue weighted by Crippen LogP contribution is 2.39. The fraction of sp³-hybridized carbons (Fsp3) is 0.545. The second kappa shape index (κ2) is 7.33. The number of likely N-dealkylation sites (tertiary alicyclic amines) is 1. The van der Waals surface area contributed by atoms with Crippen molar-refractivity contribution in [3.05, 3.63) is 35.0 Å². The molecule has 3 aromatic rings. The van der Waals surface area contributed by atoms with Gasteiger partial charge in [0.2, 0.25) is 5.95 Å². The van der Waals surface area contributed by atoms with Gasteiger partial charge < -0.3 is 20.1 Å². The van der Waals surface area contributed by atoms with Gasteiger partial charge in [-0.3, -0.25) is 9.48 Å². The molecule has 1 aliphatic heterocycles. The van der Waals surface area contributed by atoms with Crippen LogP contribution in [0.25, 0.3) is 10.9 Å². The minimum Gasteiger partial charge on any atom is -0.364 e. The summed E-state index contributed by atoms with van der Waals surface area (Å²) in [6, 6.07) is 2.80. The topological polar surface area (TPSA) is 92.9 Å². The smallest absolute Gasteiger partial charge is 0.263 e. The summed E-state index contributed by atoms with van der Waals surface area (Å²) in [5.74, 6) is 1.05. The van der Waals surface area contributed by atoms with E-state index in [2.05, 4.69) is 51.5 Å². The normalized spacial score (nSPS) is 23.1. The number of nitrogens with zero attached hydrogens (tertiary/aromatic N) is 6. The Labute approximate surface area is 181 Å². The third kappa shape index (κ3) is 3.89. The highest BCUT2D eigenvalue weighted by Gasteiger charge is 2.38. The number of aryl methyl sites for hydroxylation is 1. The average Bonchev–Trinajstić information content (AvgIpc) is 3.27. The van der Waals surface area contributed by atoms with E-state index in [-0.39, 0.29) is 11.1 Å². The average molecular weight is 423 g/mol. The van der Waals surface area contributed by atoms with Gasteiger partial charge in [0.25, 0.3) is 5.56 Å². The Morgan fingerprint density at radius 1 is 1.23 bits per heavy atom. The quantitative estimate of drug-likeness (QED) is 0.653. The summed E-state index contributed by atoms with van der Waals surface area (Å²) < 4.78 is 3.61. The maximum absolute atomic E-state index is 12.8. The van der Waals surface area contributed by atoms with Gasteiger partial charge in [0.15, 0.2) is 0 Å². The molecule has 4 heterocycles. The van der Waals surface area contributed by atoms with Crippen molar-refractivity contribution in [2.75, 3.05) is 24.2 Å². The summed E-state index contributed by atoms with van der Waals surface area (Å²) >= 11 is 0. The van der Waals surface area contributed by atoms with Crippen LogP contribution in [0.5, 0.6) is 0 Å². The van der Waals surface area contributed by atoms with Gasteiger partial charge in [-0.15, -0.1) is 0 Å². The number of hydrogen-bond acceptors (Lipinski definition) is 7. The second-order valence-corrected chi connectivity index (χ2v) is 9.42. The lowest BCUT2D eigenvalue weighted by Crippen LogP contribution is -2.38. The first kappa shape index (κ1) is 20.0. The first-order valence-electron chi connectivity index (χ1n) is 11.0. The maximum Gasteiger partial charge on any atom is 0.263 e. The second-order valence-electron chi connectivity index (χ2n) is 9.42. The summed E-state index contributed by atoms with van der Waals surface area (Å²) in [4.78, 5) is 24.4. The van der Waals surface area contributed by atoms with Crippen LogP contribution in [0.1, 0.15) is 45.6 Å². The van der Waals surface area contributed by atoms with Crippen molar-refractivity contribution in [3.63, 3.8) is 0 Å². The van der Waals surface area contributed by atoms with E-state index in [1.807, 2.05) is 23.1 Å². The van der Waals surface area contributed by atoms with Crippen LogP contribution in [0.3, 0.4) is 0 Å². The summed E-state index contributed by atoms with van der Waals surface area (Å²) in [5.41, 5.74) is 1.37. The number of aromatic nitrogens is 5. The largest absolute Gasteiger partial charge is 0.364 e. The van der Waals surface area contributed by atoms with Crippen molar-refractivity contribution in [1.82, 2.24) is 29.2 Å². The molecule has 2 aliphatic rings. The Balaban J connectivity index is 1.44. The van der Waals surface area contributed by atoms with E-state index in [4.69, 9.17) is 0 Å². The highest BCUT2D eigenvalue weighted by molar-refractivity contribution is 5.89. The molecule has 2 N–H and O–H groups in total. The number of piperidine rings is 1. The van der Waals surface area contributed by atoms with Crippen molar-refractivity contribution < 1.29 is 0 Å². The lowest BCUT2D eigenvalue weighted by molar-refractivity contribution is 0.151. The molecule has 0 unspecified atom stereocenters. The molecule has 31 heavy (non-hydrogen) atoms. The van der Waals surface area contributed by atoms with Crippen molar-refractivity contribution in [1.29, 1.82) is 0 Å². The van der Waals surface area contributed by atoms with Crippen LogP contribution in [0, 0.1) is 0 Å². The number of fused-ring (bicyclic) bond motifs is 1. The molecule has 9 nitrogen and oxygen atoms in total. The van der Waals surface area contributed by atoms with E-state index in [1.165, 1.54) is 0 Å². The fourth-order valence-corrected chi connectivity index (χ4v) is 4.22.